The maximum Gasteiger partial charge on any atom is 0.171 e. The summed E-state index contributed by atoms with van der Waals surface area (Å²) in [5, 5.41) is 0.0121. The Balaban J connectivity index is 2.31. The predicted molar refractivity (Wildman–Crippen MR) is 80.1 cm³/mol. The average Bonchev–Trinajstić information content (AvgIpc) is 2.43. The number of rotatable bonds is 4. The van der Waals surface area contributed by atoms with Crippen molar-refractivity contribution >= 4 is 33.3 Å². The summed E-state index contributed by atoms with van der Waals surface area (Å²) in [5.41, 5.74) is 0.683. The van der Waals surface area contributed by atoms with Gasteiger partial charge in [-0.15, -0.1) is 0 Å². The van der Waals surface area contributed by atoms with Crippen LogP contribution in [-0.4, -0.2) is 12.9 Å². The van der Waals surface area contributed by atoms with Crippen molar-refractivity contribution in [2.24, 2.45) is 0 Å². The van der Waals surface area contributed by atoms with Gasteiger partial charge in [0.05, 0.1) is 17.7 Å². The van der Waals surface area contributed by atoms with Crippen LogP contribution in [0.25, 0.3) is 0 Å². The van der Waals surface area contributed by atoms with Gasteiger partial charge in [-0.1, -0.05) is 39.7 Å². The zero-order valence-electron chi connectivity index (χ0n) is 10.6. The quantitative estimate of drug-likeness (QED) is 0.743. The van der Waals surface area contributed by atoms with Crippen molar-refractivity contribution in [1.29, 1.82) is 0 Å². The van der Waals surface area contributed by atoms with Crippen molar-refractivity contribution in [3.8, 4) is 5.75 Å². The molecule has 2 nitrogen and oxygen atoms in total. The molecule has 0 aliphatic rings. The smallest absolute Gasteiger partial charge is 0.171 e. The van der Waals surface area contributed by atoms with Crippen molar-refractivity contribution < 1.29 is 13.9 Å². The second kappa shape index (κ2) is 6.37. The van der Waals surface area contributed by atoms with E-state index in [0.717, 1.165) is 4.47 Å². The molecule has 0 fully saturated rings. The van der Waals surface area contributed by atoms with Crippen molar-refractivity contribution in [3.63, 3.8) is 0 Å². The Labute approximate surface area is 129 Å². The molecule has 0 spiro atoms. The molecule has 0 unspecified atom stereocenters. The molecule has 0 saturated carbocycles. The highest BCUT2D eigenvalue weighted by Crippen LogP contribution is 2.26. The highest BCUT2D eigenvalue weighted by molar-refractivity contribution is 9.10. The lowest BCUT2D eigenvalue weighted by atomic mass is 10.0. The lowest BCUT2D eigenvalue weighted by molar-refractivity contribution is 0.0989. The Bertz CT molecular complexity index is 658. The molecule has 2 rings (SSSR count). The summed E-state index contributed by atoms with van der Waals surface area (Å²) in [4.78, 5) is 12.3. The molecule has 0 saturated heterocycles. The van der Waals surface area contributed by atoms with Gasteiger partial charge >= 0.3 is 0 Å². The number of carbonyl (C=O) groups excluding carboxylic acids is 1. The molecular weight excluding hydrogens is 347 g/mol. The van der Waals surface area contributed by atoms with Crippen LogP contribution in [0.3, 0.4) is 0 Å². The normalized spacial score (nSPS) is 10.4. The summed E-state index contributed by atoms with van der Waals surface area (Å²) < 4.78 is 19.8. The van der Waals surface area contributed by atoms with Gasteiger partial charge < -0.3 is 4.74 Å². The van der Waals surface area contributed by atoms with Crippen molar-refractivity contribution in [2.45, 2.75) is 6.42 Å². The fraction of sp³-hybridized carbons (Fsp3) is 0.133. The van der Waals surface area contributed by atoms with Crippen molar-refractivity contribution in [2.75, 3.05) is 7.11 Å². The van der Waals surface area contributed by atoms with Crippen LogP contribution in [-0.2, 0) is 6.42 Å². The molecule has 0 amide bonds. The topological polar surface area (TPSA) is 26.3 Å². The van der Waals surface area contributed by atoms with E-state index in [4.69, 9.17) is 16.3 Å². The number of carbonyl (C=O) groups is 1. The van der Waals surface area contributed by atoms with Gasteiger partial charge in [0.1, 0.15) is 11.6 Å². The van der Waals surface area contributed by atoms with Gasteiger partial charge in [-0.2, -0.15) is 0 Å². The molecule has 0 atom stereocenters. The zero-order valence-corrected chi connectivity index (χ0v) is 13.0. The van der Waals surface area contributed by atoms with Crippen LogP contribution in [0, 0.1) is 5.82 Å². The molecule has 5 heteroatoms. The van der Waals surface area contributed by atoms with Crippen LogP contribution in [0.4, 0.5) is 4.39 Å². The summed E-state index contributed by atoms with van der Waals surface area (Å²) in [6, 6.07) is 9.70. The third-order valence-electron chi connectivity index (χ3n) is 2.85. The first kappa shape index (κ1) is 15.0. The molecule has 0 heterocycles. The first-order chi connectivity index (χ1) is 9.52. The lowest BCUT2D eigenvalue weighted by Crippen LogP contribution is -2.07. The number of benzene rings is 2. The summed E-state index contributed by atoms with van der Waals surface area (Å²) in [6.45, 7) is 0. The van der Waals surface area contributed by atoms with Crippen molar-refractivity contribution in [3.05, 3.63) is 62.8 Å². The monoisotopic (exact) mass is 356 g/mol. The number of ether oxygens (including phenoxy) is 1. The van der Waals surface area contributed by atoms with E-state index in [1.54, 1.807) is 30.3 Å². The van der Waals surface area contributed by atoms with Crippen molar-refractivity contribution in [1.82, 2.24) is 0 Å². The fourth-order valence-electron chi connectivity index (χ4n) is 1.85. The van der Waals surface area contributed by atoms with E-state index in [1.165, 1.54) is 13.2 Å². The van der Waals surface area contributed by atoms with Gasteiger partial charge in [0.25, 0.3) is 0 Å². The zero-order chi connectivity index (χ0) is 14.7. The number of ketones is 1. The SMILES string of the molecule is COc1cc(Br)ccc1C(=O)Cc1cccc(Cl)c1F. The predicted octanol–water partition coefficient (Wildman–Crippen LogP) is 4.68. The van der Waals surface area contributed by atoms with Gasteiger partial charge in [0, 0.05) is 10.9 Å². The minimum Gasteiger partial charge on any atom is -0.496 e. The first-order valence-electron chi connectivity index (χ1n) is 5.82. The van der Waals surface area contributed by atoms with Crippen LogP contribution in [0.1, 0.15) is 15.9 Å². The third kappa shape index (κ3) is 3.19. The Morgan fingerprint density at radius 3 is 2.80 bits per heavy atom. The summed E-state index contributed by atoms with van der Waals surface area (Å²) in [6.07, 6.45) is -0.0651. The van der Waals surface area contributed by atoms with Crippen LogP contribution < -0.4 is 4.74 Å². The van der Waals surface area contributed by atoms with E-state index in [9.17, 15) is 9.18 Å². The van der Waals surface area contributed by atoms with Gasteiger partial charge in [-0.25, -0.2) is 4.39 Å². The molecule has 2 aromatic carbocycles. The summed E-state index contributed by atoms with van der Waals surface area (Å²) in [7, 11) is 1.48. The average molecular weight is 358 g/mol. The maximum absolute atomic E-state index is 13.8. The molecule has 20 heavy (non-hydrogen) atoms. The molecular formula is C15H11BrClFO2. The number of halogens is 3. The standard InChI is InChI=1S/C15H11BrClFO2/c1-20-14-8-10(16)5-6-11(14)13(19)7-9-3-2-4-12(17)15(9)18/h2-6,8H,7H2,1H3. The van der Waals surface area contributed by atoms with Gasteiger partial charge in [0.15, 0.2) is 5.78 Å². The van der Waals surface area contributed by atoms with Gasteiger partial charge in [-0.3, -0.25) is 4.79 Å². The molecule has 0 aromatic heterocycles. The van der Waals surface area contributed by atoms with Crippen LogP contribution in [0.2, 0.25) is 5.02 Å². The first-order valence-corrected chi connectivity index (χ1v) is 6.99. The summed E-state index contributed by atoms with van der Waals surface area (Å²) in [5.74, 6) is -0.332. The maximum atomic E-state index is 13.8. The van der Waals surface area contributed by atoms with E-state index in [2.05, 4.69) is 15.9 Å². The van der Waals surface area contributed by atoms with E-state index in [1.807, 2.05) is 0 Å². The second-order valence-electron chi connectivity index (χ2n) is 4.16. The van der Waals surface area contributed by atoms with E-state index >= 15 is 0 Å². The van der Waals surface area contributed by atoms with Crippen LogP contribution >= 0.6 is 27.5 Å². The Morgan fingerprint density at radius 2 is 2.10 bits per heavy atom. The molecule has 2 aromatic rings. The number of hydrogen-bond donors (Lipinski definition) is 0. The Kier molecular flexibility index (Phi) is 4.78. The van der Waals surface area contributed by atoms with E-state index in [0.29, 0.717) is 11.3 Å². The minimum atomic E-state index is -0.557. The number of hydrogen-bond acceptors (Lipinski definition) is 2. The Hall–Kier alpha value is -1.39. The molecule has 0 N–H and O–H groups in total. The number of Topliss-reactive ketones (excluding diaryl/α,β-unsaturated/α-hetero) is 1. The van der Waals surface area contributed by atoms with Crippen LogP contribution in [0.5, 0.6) is 5.75 Å². The Morgan fingerprint density at radius 1 is 1.35 bits per heavy atom. The molecule has 104 valence electrons. The lowest BCUT2D eigenvalue weighted by Gasteiger charge is -2.09. The molecule has 0 bridgehead atoms. The van der Waals surface area contributed by atoms with Gasteiger partial charge in [-0.05, 0) is 29.8 Å². The number of methoxy groups -OCH3 is 1. The fourth-order valence-corrected chi connectivity index (χ4v) is 2.38. The molecule has 0 aliphatic heterocycles. The summed E-state index contributed by atoms with van der Waals surface area (Å²) >= 11 is 9.01. The van der Waals surface area contributed by atoms with E-state index in [-0.39, 0.29) is 22.8 Å². The minimum absolute atomic E-state index is 0.0121. The largest absolute Gasteiger partial charge is 0.496 e. The second-order valence-corrected chi connectivity index (χ2v) is 5.48. The van der Waals surface area contributed by atoms with Gasteiger partial charge in [0.2, 0.25) is 0 Å². The highest BCUT2D eigenvalue weighted by Gasteiger charge is 2.16. The van der Waals surface area contributed by atoms with E-state index < -0.39 is 5.82 Å². The molecule has 0 radical (unpaired) electrons. The third-order valence-corrected chi connectivity index (χ3v) is 3.63. The molecule has 0 aliphatic carbocycles. The highest BCUT2D eigenvalue weighted by atomic mass is 79.9. The van der Waals surface area contributed by atoms with Crippen LogP contribution in [0.15, 0.2) is 40.9 Å².